The van der Waals surface area contributed by atoms with Crippen LogP contribution in [0.3, 0.4) is 0 Å². The van der Waals surface area contributed by atoms with Crippen LogP contribution >= 0.6 is 0 Å². The first-order valence-electron chi connectivity index (χ1n) is 11.2. The second-order valence-corrected chi connectivity index (χ2v) is 8.85. The summed E-state index contributed by atoms with van der Waals surface area (Å²) in [4.78, 5) is 27.8. The van der Waals surface area contributed by atoms with Gasteiger partial charge < -0.3 is 15.5 Å². The number of piperazine rings is 1. The van der Waals surface area contributed by atoms with Gasteiger partial charge in [-0.25, -0.2) is 19.5 Å². The number of nitrogens with zero attached hydrogens (tertiary/aromatic N) is 6. The van der Waals surface area contributed by atoms with E-state index in [9.17, 15) is 4.79 Å². The molecular weight excluding hydrogens is 416 g/mol. The lowest BCUT2D eigenvalue weighted by molar-refractivity contribution is -0.119. The summed E-state index contributed by atoms with van der Waals surface area (Å²) >= 11 is 0. The molecule has 9 heteroatoms. The van der Waals surface area contributed by atoms with Crippen molar-refractivity contribution in [3.8, 4) is 11.3 Å². The highest BCUT2D eigenvalue weighted by Crippen LogP contribution is 2.31. The average molecular weight is 441 g/mol. The van der Waals surface area contributed by atoms with Gasteiger partial charge in [-0.3, -0.25) is 4.79 Å². The number of hydrogen-bond donors (Lipinski definition) is 2. The monoisotopic (exact) mass is 440 g/mol. The van der Waals surface area contributed by atoms with Crippen molar-refractivity contribution in [3.05, 3.63) is 60.7 Å². The lowest BCUT2D eigenvalue weighted by atomic mass is 10.0. The zero-order chi connectivity index (χ0) is 22.5. The first-order valence-corrected chi connectivity index (χ1v) is 11.2. The maximum Gasteiger partial charge on any atom is 0.244 e. The van der Waals surface area contributed by atoms with E-state index in [1.54, 1.807) is 12.4 Å². The summed E-state index contributed by atoms with van der Waals surface area (Å²) < 4.78 is 1.89. The molecule has 33 heavy (non-hydrogen) atoms. The van der Waals surface area contributed by atoms with Crippen molar-refractivity contribution >= 4 is 28.9 Å². The summed E-state index contributed by atoms with van der Waals surface area (Å²) in [6.07, 6.45) is 8.20. The number of aromatic nitrogens is 5. The zero-order valence-corrected chi connectivity index (χ0v) is 18.4. The van der Waals surface area contributed by atoms with Crippen LogP contribution in [0.25, 0.3) is 16.8 Å². The number of carbonyl (C=O) groups excluding carboxylic acids is 1. The van der Waals surface area contributed by atoms with Crippen LogP contribution in [0.2, 0.25) is 0 Å². The third-order valence-electron chi connectivity index (χ3n) is 6.40. The molecule has 4 aromatic heterocycles. The van der Waals surface area contributed by atoms with E-state index in [-0.39, 0.29) is 18.0 Å². The number of hydrogen-bond acceptors (Lipinski definition) is 7. The van der Waals surface area contributed by atoms with Gasteiger partial charge in [0.25, 0.3) is 0 Å². The number of pyridine rings is 2. The molecule has 0 spiro atoms. The second kappa shape index (κ2) is 7.63. The van der Waals surface area contributed by atoms with Gasteiger partial charge in [-0.2, -0.15) is 5.10 Å². The molecule has 0 saturated carbocycles. The van der Waals surface area contributed by atoms with Crippen molar-refractivity contribution in [1.82, 2.24) is 29.9 Å². The Balaban J connectivity index is 1.23. The Morgan fingerprint density at radius 1 is 1.15 bits per heavy atom. The minimum atomic E-state index is -0.0534. The molecule has 166 valence electrons. The Kier molecular flexibility index (Phi) is 4.58. The molecule has 9 nitrogen and oxygen atoms in total. The quantitative estimate of drug-likeness (QED) is 0.492. The van der Waals surface area contributed by atoms with Crippen molar-refractivity contribution in [2.24, 2.45) is 0 Å². The number of nitrogens with one attached hydrogen (secondary N) is 2. The summed E-state index contributed by atoms with van der Waals surface area (Å²) in [5, 5.41) is 10.8. The van der Waals surface area contributed by atoms with Gasteiger partial charge in [-0.1, -0.05) is 13.8 Å². The van der Waals surface area contributed by atoms with E-state index in [4.69, 9.17) is 0 Å². The predicted octanol–water partition coefficient (Wildman–Crippen LogP) is 3.13. The normalized spacial score (nSPS) is 19.7. The van der Waals surface area contributed by atoms with Gasteiger partial charge in [0.05, 0.1) is 41.4 Å². The fourth-order valence-electron chi connectivity index (χ4n) is 4.69. The lowest BCUT2D eigenvalue weighted by Gasteiger charge is -2.27. The largest absolute Gasteiger partial charge is 0.309 e. The standard InChI is InChI=1S/C24H24N8O/c1-14(2)18-13-28-31-8-6-15(9-21(18)31)19-5-7-25-24(29-19)30-22-4-3-16(11-27-22)32-17-10-20(23(32)33)26-12-17/h3-9,11,13-14,17,20,26H,10,12H2,1-2H3,(H,25,27,29,30). The maximum atomic E-state index is 12.4. The van der Waals surface area contributed by atoms with Gasteiger partial charge >= 0.3 is 0 Å². The van der Waals surface area contributed by atoms with E-state index < -0.39 is 0 Å². The molecule has 2 bridgehead atoms. The maximum absolute atomic E-state index is 12.4. The van der Waals surface area contributed by atoms with Gasteiger partial charge in [0.2, 0.25) is 11.9 Å². The summed E-state index contributed by atoms with van der Waals surface area (Å²) in [5.74, 6) is 1.60. The van der Waals surface area contributed by atoms with Gasteiger partial charge in [-0.15, -0.1) is 0 Å². The molecule has 2 aliphatic heterocycles. The number of carbonyl (C=O) groups is 1. The summed E-state index contributed by atoms with van der Waals surface area (Å²) in [6.45, 7) is 5.16. The Morgan fingerprint density at radius 2 is 2.06 bits per heavy atom. The minimum absolute atomic E-state index is 0.0534. The number of fused-ring (bicyclic) bond motifs is 3. The molecule has 6 heterocycles. The first kappa shape index (κ1) is 19.8. The Labute approximate surface area is 190 Å². The fourth-order valence-corrected chi connectivity index (χ4v) is 4.69. The van der Waals surface area contributed by atoms with E-state index in [2.05, 4.69) is 50.6 Å². The molecule has 2 saturated heterocycles. The number of amides is 1. The third-order valence-corrected chi connectivity index (χ3v) is 6.40. The topological polar surface area (TPSA) is 100 Å². The highest BCUT2D eigenvalue weighted by Gasteiger charge is 2.45. The Hall–Kier alpha value is -3.85. The first-order chi connectivity index (χ1) is 16.1. The molecule has 0 radical (unpaired) electrons. The summed E-state index contributed by atoms with van der Waals surface area (Å²) in [6, 6.07) is 9.93. The molecule has 1 amide bonds. The van der Waals surface area contributed by atoms with Crippen LogP contribution in [0.4, 0.5) is 17.5 Å². The van der Waals surface area contributed by atoms with Crippen LogP contribution < -0.4 is 15.5 Å². The van der Waals surface area contributed by atoms with Crippen LogP contribution in [-0.4, -0.2) is 49.1 Å². The second-order valence-electron chi connectivity index (χ2n) is 8.85. The highest BCUT2D eigenvalue weighted by molar-refractivity contribution is 6.01. The summed E-state index contributed by atoms with van der Waals surface area (Å²) in [7, 11) is 0. The van der Waals surface area contributed by atoms with Crippen LogP contribution in [0.5, 0.6) is 0 Å². The molecule has 2 N–H and O–H groups in total. The van der Waals surface area contributed by atoms with Crippen molar-refractivity contribution < 1.29 is 4.79 Å². The summed E-state index contributed by atoms with van der Waals surface area (Å²) in [5.41, 5.74) is 4.91. The molecule has 0 aromatic carbocycles. The lowest BCUT2D eigenvalue weighted by Crippen LogP contribution is -2.48. The van der Waals surface area contributed by atoms with Gasteiger partial charge in [0, 0.05) is 30.1 Å². The van der Waals surface area contributed by atoms with Crippen molar-refractivity contribution in [1.29, 1.82) is 0 Å². The van der Waals surface area contributed by atoms with Crippen molar-refractivity contribution in [2.45, 2.75) is 38.3 Å². The fraction of sp³-hybridized carbons (Fsp3) is 0.292. The molecule has 2 unspecified atom stereocenters. The van der Waals surface area contributed by atoms with Gasteiger partial charge in [-0.05, 0) is 42.7 Å². The molecular formula is C24H24N8O. The molecule has 4 aromatic rings. The predicted molar refractivity (Wildman–Crippen MR) is 126 cm³/mol. The highest BCUT2D eigenvalue weighted by atomic mass is 16.2. The van der Waals surface area contributed by atoms with Gasteiger partial charge in [0.15, 0.2) is 0 Å². The van der Waals surface area contributed by atoms with Crippen LogP contribution in [0.1, 0.15) is 31.7 Å². The Morgan fingerprint density at radius 3 is 2.82 bits per heavy atom. The molecule has 0 aliphatic carbocycles. The SMILES string of the molecule is CC(C)c1cnn2ccc(-c3ccnc(Nc4ccc(N5C(=O)C6CC5CN6)cn4)n3)cc12. The van der Waals surface area contributed by atoms with Crippen LogP contribution in [-0.2, 0) is 4.79 Å². The van der Waals surface area contributed by atoms with E-state index >= 15 is 0 Å². The van der Waals surface area contributed by atoms with E-state index in [1.807, 2.05) is 46.1 Å². The van der Waals surface area contributed by atoms with Crippen molar-refractivity contribution in [2.75, 3.05) is 16.8 Å². The minimum Gasteiger partial charge on any atom is -0.309 e. The average Bonchev–Trinajstić information content (AvgIpc) is 3.54. The third kappa shape index (κ3) is 3.41. The van der Waals surface area contributed by atoms with E-state index in [0.29, 0.717) is 17.7 Å². The molecule has 2 aliphatic rings. The number of rotatable bonds is 5. The van der Waals surface area contributed by atoms with E-state index in [1.165, 1.54) is 5.56 Å². The Bertz CT molecular complexity index is 1350. The van der Waals surface area contributed by atoms with E-state index in [0.717, 1.165) is 35.4 Å². The van der Waals surface area contributed by atoms with Crippen LogP contribution in [0, 0.1) is 0 Å². The van der Waals surface area contributed by atoms with Gasteiger partial charge in [0.1, 0.15) is 5.82 Å². The molecule has 2 fully saturated rings. The van der Waals surface area contributed by atoms with Crippen molar-refractivity contribution in [3.63, 3.8) is 0 Å². The molecule has 2 atom stereocenters. The van der Waals surface area contributed by atoms with Crippen LogP contribution in [0.15, 0.2) is 55.1 Å². The molecule has 6 rings (SSSR count). The zero-order valence-electron chi connectivity index (χ0n) is 18.4. The number of anilines is 3. The smallest absolute Gasteiger partial charge is 0.244 e.